The summed E-state index contributed by atoms with van der Waals surface area (Å²) in [4.78, 5) is 14.0. The van der Waals surface area contributed by atoms with Crippen molar-refractivity contribution in [2.24, 2.45) is 0 Å². The number of carbonyl (C=O) groups is 1. The normalized spacial score (nSPS) is 11.1. The molecular formula is C12H13NO2. The van der Waals surface area contributed by atoms with Crippen LogP contribution in [0.1, 0.15) is 35.7 Å². The van der Waals surface area contributed by atoms with Gasteiger partial charge in [-0.1, -0.05) is 19.9 Å². The molecule has 1 heterocycles. The molecule has 1 aromatic heterocycles. The summed E-state index contributed by atoms with van der Waals surface area (Å²) >= 11 is 0. The summed E-state index contributed by atoms with van der Waals surface area (Å²) < 4.78 is 0. The maximum Gasteiger partial charge on any atom is 0.337 e. The predicted molar refractivity (Wildman–Crippen MR) is 59.3 cm³/mol. The highest BCUT2D eigenvalue weighted by Crippen LogP contribution is 2.27. The molecule has 0 saturated carbocycles. The fourth-order valence-corrected chi connectivity index (χ4v) is 1.86. The Morgan fingerprint density at radius 2 is 2.07 bits per heavy atom. The van der Waals surface area contributed by atoms with Crippen LogP contribution in [-0.2, 0) is 0 Å². The van der Waals surface area contributed by atoms with Gasteiger partial charge in [0.2, 0.25) is 0 Å². The number of hydrogen-bond acceptors (Lipinski definition) is 1. The monoisotopic (exact) mass is 203 g/mol. The highest BCUT2D eigenvalue weighted by molar-refractivity contribution is 6.03. The second-order valence-electron chi connectivity index (χ2n) is 3.93. The lowest BCUT2D eigenvalue weighted by Gasteiger charge is -2.08. The molecule has 3 nitrogen and oxygen atoms in total. The lowest BCUT2D eigenvalue weighted by atomic mass is 9.97. The molecule has 2 N–H and O–H groups in total. The van der Waals surface area contributed by atoms with Crippen molar-refractivity contribution in [2.75, 3.05) is 0 Å². The minimum atomic E-state index is -0.891. The number of hydrogen-bond donors (Lipinski definition) is 2. The average molecular weight is 203 g/mol. The second-order valence-corrected chi connectivity index (χ2v) is 3.93. The first-order chi connectivity index (χ1) is 7.11. The van der Waals surface area contributed by atoms with E-state index in [4.69, 9.17) is 5.11 Å². The van der Waals surface area contributed by atoms with E-state index in [0.29, 0.717) is 17.0 Å². The Morgan fingerprint density at radius 3 is 2.67 bits per heavy atom. The molecular weight excluding hydrogens is 190 g/mol. The molecule has 0 radical (unpaired) electrons. The SMILES string of the molecule is CC(C)c1ccc(C(=O)O)c2[nH]ccc12. The van der Waals surface area contributed by atoms with Crippen molar-refractivity contribution in [2.45, 2.75) is 19.8 Å². The van der Waals surface area contributed by atoms with Crippen LogP contribution in [0.15, 0.2) is 24.4 Å². The van der Waals surface area contributed by atoms with Crippen molar-refractivity contribution < 1.29 is 9.90 Å². The van der Waals surface area contributed by atoms with E-state index in [2.05, 4.69) is 18.8 Å². The zero-order valence-corrected chi connectivity index (χ0v) is 8.74. The summed E-state index contributed by atoms with van der Waals surface area (Å²) in [6, 6.07) is 5.48. The molecule has 0 aliphatic rings. The van der Waals surface area contributed by atoms with Crippen molar-refractivity contribution in [1.29, 1.82) is 0 Å². The van der Waals surface area contributed by atoms with E-state index in [1.54, 1.807) is 12.3 Å². The molecule has 0 atom stereocenters. The van der Waals surface area contributed by atoms with Crippen LogP contribution in [0, 0.1) is 0 Å². The standard InChI is InChI=1S/C12H13NO2/c1-7(2)8-3-4-10(12(14)15)11-9(8)5-6-13-11/h3-7,13H,1-2H3,(H,14,15). The van der Waals surface area contributed by atoms with Crippen molar-refractivity contribution in [3.8, 4) is 0 Å². The van der Waals surface area contributed by atoms with Gasteiger partial charge in [-0.2, -0.15) is 0 Å². The Balaban J connectivity index is 2.76. The van der Waals surface area contributed by atoms with Crippen LogP contribution in [0.4, 0.5) is 0 Å². The zero-order valence-electron chi connectivity index (χ0n) is 8.74. The van der Waals surface area contributed by atoms with Gasteiger partial charge >= 0.3 is 5.97 Å². The Hall–Kier alpha value is -1.77. The number of carboxylic acid groups (broad SMARTS) is 1. The number of fused-ring (bicyclic) bond motifs is 1. The van der Waals surface area contributed by atoms with Crippen molar-refractivity contribution >= 4 is 16.9 Å². The lowest BCUT2D eigenvalue weighted by Crippen LogP contribution is -1.99. The second kappa shape index (κ2) is 3.42. The van der Waals surface area contributed by atoms with Crippen molar-refractivity contribution in [3.63, 3.8) is 0 Å². The number of benzene rings is 1. The molecule has 0 fully saturated rings. The average Bonchev–Trinajstić information content (AvgIpc) is 2.63. The van der Waals surface area contributed by atoms with Gasteiger partial charge in [0, 0.05) is 11.6 Å². The van der Waals surface area contributed by atoms with Gasteiger partial charge in [0.15, 0.2) is 0 Å². The third kappa shape index (κ3) is 1.50. The van der Waals surface area contributed by atoms with E-state index in [1.165, 1.54) is 5.56 Å². The fraction of sp³-hybridized carbons (Fsp3) is 0.250. The largest absolute Gasteiger partial charge is 0.478 e. The van der Waals surface area contributed by atoms with E-state index in [9.17, 15) is 4.79 Å². The number of nitrogens with one attached hydrogen (secondary N) is 1. The Bertz CT molecular complexity index is 511. The molecule has 2 rings (SSSR count). The number of aromatic nitrogens is 1. The van der Waals surface area contributed by atoms with Crippen LogP contribution >= 0.6 is 0 Å². The smallest absolute Gasteiger partial charge is 0.337 e. The highest BCUT2D eigenvalue weighted by atomic mass is 16.4. The van der Waals surface area contributed by atoms with Crippen LogP contribution in [0.25, 0.3) is 10.9 Å². The molecule has 1 aromatic carbocycles. The summed E-state index contributed by atoms with van der Waals surface area (Å²) in [6.45, 7) is 4.20. The summed E-state index contributed by atoms with van der Waals surface area (Å²) in [6.07, 6.45) is 1.78. The summed E-state index contributed by atoms with van der Waals surface area (Å²) in [7, 11) is 0. The molecule has 3 heteroatoms. The summed E-state index contributed by atoms with van der Waals surface area (Å²) in [5.41, 5.74) is 2.23. The van der Waals surface area contributed by atoms with Gasteiger partial charge in [-0.25, -0.2) is 4.79 Å². The van der Waals surface area contributed by atoms with Crippen molar-refractivity contribution in [1.82, 2.24) is 4.98 Å². The predicted octanol–water partition coefficient (Wildman–Crippen LogP) is 2.99. The molecule has 0 bridgehead atoms. The van der Waals surface area contributed by atoms with Crippen molar-refractivity contribution in [3.05, 3.63) is 35.5 Å². The van der Waals surface area contributed by atoms with Crippen LogP contribution < -0.4 is 0 Å². The maximum atomic E-state index is 11.0. The summed E-state index contributed by atoms with van der Waals surface area (Å²) in [5.74, 6) is -0.496. The van der Waals surface area contributed by atoms with Gasteiger partial charge in [-0.3, -0.25) is 0 Å². The first-order valence-corrected chi connectivity index (χ1v) is 4.94. The van der Waals surface area contributed by atoms with E-state index < -0.39 is 5.97 Å². The molecule has 0 unspecified atom stereocenters. The topological polar surface area (TPSA) is 53.1 Å². The molecule has 0 aliphatic heterocycles. The molecule has 2 aromatic rings. The number of rotatable bonds is 2. The number of H-pyrrole nitrogens is 1. The quantitative estimate of drug-likeness (QED) is 0.788. The first kappa shape index (κ1) is 9.77. The Kier molecular flexibility index (Phi) is 2.23. The molecule has 0 spiro atoms. The minimum absolute atomic E-state index is 0.333. The molecule has 78 valence electrons. The van der Waals surface area contributed by atoms with E-state index in [-0.39, 0.29) is 0 Å². The zero-order chi connectivity index (χ0) is 11.0. The third-order valence-corrected chi connectivity index (χ3v) is 2.61. The number of aromatic amines is 1. The van der Waals surface area contributed by atoms with Gasteiger partial charge in [-0.05, 0) is 23.6 Å². The number of carboxylic acids is 1. The minimum Gasteiger partial charge on any atom is -0.478 e. The Morgan fingerprint density at radius 1 is 1.33 bits per heavy atom. The molecule has 0 aliphatic carbocycles. The Labute approximate surface area is 87.7 Å². The molecule has 0 amide bonds. The number of aromatic carboxylic acids is 1. The fourth-order valence-electron chi connectivity index (χ4n) is 1.86. The third-order valence-electron chi connectivity index (χ3n) is 2.61. The van der Waals surface area contributed by atoms with Gasteiger partial charge < -0.3 is 10.1 Å². The van der Waals surface area contributed by atoms with Gasteiger partial charge in [0.05, 0.1) is 11.1 Å². The van der Waals surface area contributed by atoms with Crippen LogP contribution in [0.3, 0.4) is 0 Å². The van der Waals surface area contributed by atoms with Crippen LogP contribution in [0.2, 0.25) is 0 Å². The van der Waals surface area contributed by atoms with Gasteiger partial charge in [-0.15, -0.1) is 0 Å². The highest BCUT2D eigenvalue weighted by Gasteiger charge is 2.13. The first-order valence-electron chi connectivity index (χ1n) is 4.94. The van der Waals surface area contributed by atoms with Gasteiger partial charge in [0.1, 0.15) is 0 Å². The van der Waals surface area contributed by atoms with Crippen LogP contribution in [-0.4, -0.2) is 16.1 Å². The van der Waals surface area contributed by atoms with E-state index >= 15 is 0 Å². The lowest BCUT2D eigenvalue weighted by molar-refractivity contribution is 0.0699. The molecule has 15 heavy (non-hydrogen) atoms. The van der Waals surface area contributed by atoms with E-state index in [1.807, 2.05) is 12.1 Å². The van der Waals surface area contributed by atoms with E-state index in [0.717, 1.165) is 5.39 Å². The van der Waals surface area contributed by atoms with Gasteiger partial charge in [0.25, 0.3) is 0 Å². The maximum absolute atomic E-state index is 11.0. The van der Waals surface area contributed by atoms with Crippen LogP contribution in [0.5, 0.6) is 0 Å². The summed E-state index contributed by atoms with van der Waals surface area (Å²) in [5, 5.41) is 10.0. The molecule has 0 saturated heterocycles.